The van der Waals surface area contributed by atoms with Crippen molar-refractivity contribution in [2.24, 2.45) is 5.92 Å². The Kier molecular flexibility index (Phi) is 8.26. The van der Waals surface area contributed by atoms with E-state index in [1.807, 2.05) is 58.0 Å². The largest absolute Gasteiger partial charge is 0.493 e. The molecule has 2 aromatic carbocycles. The Hall–Kier alpha value is -3.59. The monoisotopic (exact) mass is 523 g/mol. The van der Waals surface area contributed by atoms with E-state index in [9.17, 15) is 14.4 Å². The Morgan fingerprint density at radius 1 is 1.13 bits per heavy atom. The summed E-state index contributed by atoms with van der Waals surface area (Å²) in [5, 5.41) is 2.95. The second-order valence-corrected chi connectivity index (χ2v) is 10.7. The van der Waals surface area contributed by atoms with Gasteiger partial charge in [0.25, 0.3) is 5.91 Å². The van der Waals surface area contributed by atoms with Gasteiger partial charge in [0.05, 0.1) is 36.6 Å². The van der Waals surface area contributed by atoms with E-state index in [0.29, 0.717) is 42.3 Å². The highest BCUT2D eigenvalue weighted by molar-refractivity contribution is 6.07. The SMILES string of the molecule is CCOc1cc([C@@H](CCC(=O)NOC(C)(C)C)N2Cc3cccc(NC(=O)C4CC4)c3C2=O)ccc1OC. The maximum absolute atomic E-state index is 13.8. The average molecular weight is 524 g/mol. The number of carbonyl (C=O) groups is 3. The Balaban J connectivity index is 1.61. The fourth-order valence-electron chi connectivity index (χ4n) is 4.52. The third-order valence-corrected chi connectivity index (χ3v) is 6.54. The number of hydrogen-bond acceptors (Lipinski definition) is 6. The predicted molar refractivity (Wildman–Crippen MR) is 143 cm³/mol. The zero-order chi connectivity index (χ0) is 27.4. The van der Waals surface area contributed by atoms with E-state index in [0.717, 1.165) is 24.0 Å². The average Bonchev–Trinajstić information content (AvgIpc) is 3.67. The van der Waals surface area contributed by atoms with Crippen LogP contribution in [0.1, 0.15) is 80.9 Å². The summed E-state index contributed by atoms with van der Waals surface area (Å²) in [4.78, 5) is 46.1. The lowest BCUT2D eigenvalue weighted by Crippen LogP contribution is -2.35. The molecule has 2 aliphatic rings. The maximum Gasteiger partial charge on any atom is 0.257 e. The van der Waals surface area contributed by atoms with Crippen molar-refractivity contribution in [1.82, 2.24) is 10.4 Å². The van der Waals surface area contributed by atoms with Crippen LogP contribution in [0.4, 0.5) is 5.69 Å². The minimum atomic E-state index is -0.523. The standard InChI is InChI=1S/C29H37N3O6/c1-6-37-24-16-19(12-14-23(24)36-5)22(13-15-25(33)31-38-29(2,3)4)32-17-20-8-7-9-21(26(20)28(32)35)30-27(34)18-10-11-18/h7-9,12,14,16,18,22H,6,10-11,13,15,17H2,1-5H3,(H,30,34)(H,31,33)/t22-/m1/s1. The highest BCUT2D eigenvalue weighted by Crippen LogP contribution is 2.40. The molecule has 0 bridgehead atoms. The molecule has 0 spiro atoms. The highest BCUT2D eigenvalue weighted by Gasteiger charge is 2.37. The lowest BCUT2D eigenvalue weighted by atomic mass is 9.99. The first-order valence-corrected chi connectivity index (χ1v) is 13.1. The third-order valence-electron chi connectivity index (χ3n) is 6.54. The van der Waals surface area contributed by atoms with Crippen LogP contribution in [0.3, 0.4) is 0 Å². The molecule has 3 amide bonds. The first kappa shape index (κ1) is 27.4. The summed E-state index contributed by atoms with van der Waals surface area (Å²) < 4.78 is 11.2. The van der Waals surface area contributed by atoms with E-state index >= 15 is 0 Å². The number of nitrogens with zero attached hydrogens (tertiary/aromatic N) is 1. The molecule has 2 aromatic rings. The van der Waals surface area contributed by atoms with Gasteiger partial charge in [0.2, 0.25) is 11.8 Å². The van der Waals surface area contributed by atoms with Crippen LogP contribution in [0.15, 0.2) is 36.4 Å². The molecule has 1 saturated carbocycles. The van der Waals surface area contributed by atoms with Gasteiger partial charge >= 0.3 is 0 Å². The van der Waals surface area contributed by atoms with Crippen molar-refractivity contribution in [3.8, 4) is 11.5 Å². The minimum absolute atomic E-state index is 0.0244. The van der Waals surface area contributed by atoms with E-state index < -0.39 is 11.6 Å². The minimum Gasteiger partial charge on any atom is -0.493 e. The number of nitrogens with one attached hydrogen (secondary N) is 2. The van der Waals surface area contributed by atoms with Crippen LogP contribution >= 0.6 is 0 Å². The molecule has 0 unspecified atom stereocenters. The molecular formula is C29H37N3O6. The molecule has 9 nitrogen and oxygen atoms in total. The summed E-state index contributed by atoms with van der Waals surface area (Å²) in [5.41, 5.74) is 4.69. The zero-order valence-corrected chi connectivity index (χ0v) is 22.8. The fourth-order valence-corrected chi connectivity index (χ4v) is 4.52. The van der Waals surface area contributed by atoms with Gasteiger partial charge in [-0.15, -0.1) is 0 Å². The molecule has 1 heterocycles. The molecule has 0 saturated heterocycles. The number of carbonyl (C=O) groups excluding carboxylic acids is 3. The van der Waals surface area contributed by atoms with Gasteiger partial charge in [-0.1, -0.05) is 18.2 Å². The Morgan fingerprint density at radius 3 is 2.55 bits per heavy atom. The number of ether oxygens (including phenoxy) is 2. The topological polar surface area (TPSA) is 106 Å². The number of fused-ring (bicyclic) bond motifs is 1. The molecule has 1 atom stereocenters. The van der Waals surface area contributed by atoms with E-state index in [1.165, 1.54) is 0 Å². The lowest BCUT2D eigenvalue weighted by Gasteiger charge is -2.29. The van der Waals surface area contributed by atoms with E-state index in [-0.39, 0.29) is 30.1 Å². The van der Waals surface area contributed by atoms with Crippen molar-refractivity contribution in [3.05, 3.63) is 53.1 Å². The van der Waals surface area contributed by atoms with Gasteiger partial charge in [-0.25, -0.2) is 5.48 Å². The molecule has 1 fully saturated rings. The van der Waals surface area contributed by atoms with Gasteiger partial charge < -0.3 is 19.7 Å². The van der Waals surface area contributed by atoms with Gasteiger partial charge in [-0.3, -0.25) is 19.2 Å². The second-order valence-electron chi connectivity index (χ2n) is 10.7. The van der Waals surface area contributed by atoms with E-state index in [4.69, 9.17) is 14.3 Å². The number of methoxy groups -OCH3 is 1. The van der Waals surface area contributed by atoms with Crippen LogP contribution in [-0.2, 0) is 21.0 Å². The van der Waals surface area contributed by atoms with Crippen molar-refractivity contribution in [2.75, 3.05) is 19.0 Å². The van der Waals surface area contributed by atoms with Crippen LogP contribution < -0.4 is 20.3 Å². The summed E-state index contributed by atoms with van der Waals surface area (Å²) in [6.07, 6.45) is 2.26. The summed E-state index contributed by atoms with van der Waals surface area (Å²) in [5.74, 6) is 0.678. The number of hydroxylamine groups is 1. The molecule has 9 heteroatoms. The first-order chi connectivity index (χ1) is 18.1. The Labute approximate surface area is 223 Å². The first-order valence-electron chi connectivity index (χ1n) is 13.1. The summed E-state index contributed by atoms with van der Waals surface area (Å²) in [7, 11) is 1.58. The van der Waals surface area contributed by atoms with Gasteiger partial charge in [0.1, 0.15) is 0 Å². The normalized spacial score (nSPS) is 15.6. The number of amides is 3. The van der Waals surface area contributed by atoms with Crippen molar-refractivity contribution in [1.29, 1.82) is 0 Å². The van der Waals surface area contributed by atoms with Crippen LogP contribution in [0.2, 0.25) is 0 Å². The van der Waals surface area contributed by atoms with Gasteiger partial charge in [-0.05, 0) is 76.3 Å². The van der Waals surface area contributed by atoms with Gasteiger partial charge in [-0.2, -0.15) is 0 Å². The summed E-state index contributed by atoms with van der Waals surface area (Å²) in [6, 6.07) is 10.7. The van der Waals surface area contributed by atoms with E-state index in [1.54, 1.807) is 18.1 Å². The lowest BCUT2D eigenvalue weighted by molar-refractivity contribution is -0.145. The number of rotatable bonds is 11. The molecule has 1 aliphatic heterocycles. The molecular weight excluding hydrogens is 486 g/mol. The van der Waals surface area contributed by atoms with Crippen molar-refractivity contribution in [2.45, 2.75) is 71.6 Å². The van der Waals surface area contributed by atoms with E-state index in [2.05, 4.69) is 10.8 Å². The predicted octanol–water partition coefficient (Wildman–Crippen LogP) is 4.77. The molecule has 0 aromatic heterocycles. The fraction of sp³-hybridized carbons (Fsp3) is 0.483. The molecule has 204 valence electrons. The zero-order valence-electron chi connectivity index (χ0n) is 22.8. The van der Waals surface area contributed by atoms with Crippen LogP contribution in [0.25, 0.3) is 0 Å². The molecule has 38 heavy (non-hydrogen) atoms. The molecule has 0 radical (unpaired) electrons. The smallest absolute Gasteiger partial charge is 0.257 e. The summed E-state index contributed by atoms with van der Waals surface area (Å²) >= 11 is 0. The molecule has 1 aliphatic carbocycles. The quantitative estimate of drug-likeness (QED) is 0.411. The maximum atomic E-state index is 13.8. The highest BCUT2D eigenvalue weighted by atomic mass is 16.7. The van der Waals surface area contributed by atoms with Gasteiger partial charge in [0, 0.05) is 18.9 Å². The van der Waals surface area contributed by atoms with Crippen LogP contribution in [-0.4, -0.2) is 41.9 Å². The molecule has 2 N–H and O–H groups in total. The van der Waals surface area contributed by atoms with Gasteiger partial charge in [0.15, 0.2) is 11.5 Å². The number of benzene rings is 2. The number of anilines is 1. The summed E-state index contributed by atoms with van der Waals surface area (Å²) in [6.45, 7) is 8.26. The van der Waals surface area contributed by atoms with Crippen LogP contribution in [0, 0.1) is 5.92 Å². The van der Waals surface area contributed by atoms with Crippen molar-refractivity contribution < 1.29 is 28.7 Å². The molecule has 4 rings (SSSR count). The van der Waals surface area contributed by atoms with Crippen molar-refractivity contribution in [3.63, 3.8) is 0 Å². The Morgan fingerprint density at radius 2 is 1.89 bits per heavy atom. The Bertz CT molecular complexity index is 1200. The third kappa shape index (κ3) is 6.45. The second kappa shape index (κ2) is 11.4. The van der Waals surface area contributed by atoms with Crippen LogP contribution in [0.5, 0.6) is 11.5 Å². The van der Waals surface area contributed by atoms with Crippen molar-refractivity contribution >= 4 is 23.4 Å². The number of hydrogen-bond donors (Lipinski definition) is 2.